The molecule has 2 atom stereocenters. The van der Waals surface area contributed by atoms with E-state index in [2.05, 4.69) is 58.9 Å². The molecule has 22 heavy (non-hydrogen) atoms. The van der Waals surface area contributed by atoms with Crippen LogP contribution in [0.5, 0.6) is 0 Å². The smallest absolute Gasteiger partial charge is 0.247 e. The van der Waals surface area contributed by atoms with Crippen molar-refractivity contribution in [2.75, 3.05) is 0 Å². The van der Waals surface area contributed by atoms with Gasteiger partial charge in [-0.1, -0.05) is 45.0 Å². The lowest BCUT2D eigenvalue weighted by Crippen LogP contribution is -2.46. The van der Waals surface area contributed by atoms with Crippen LogP contribution in [-0.4, -0.2) is 22.9 Å². The molecular formula is C20H29NO. The Hall–Kier alpha value is -1.57. The highest BCUT2D eigenvalue weighted by Crippen LogP contribution is 2.24. The lowest BCUT2D eigenvalue weighted by Gasteiger charge is -2.38. The first-order valence-corrected chi connectivity index (χ1v) is 8.40. The van der Waals surface area contributed by atoms with Crippen LogP contribution in [0.15, 0.2) is 30.3 Å². The van der Waals surface area contributed by atoms with E-state index in [4.69, 9.17) is 0 Å². The zero-order valence-corrected chi connectivity index (χ0v) is 14.6. The molecule has 1 heterocycles. The van der Waals surface area contributed by atoms with E-state index in [0.29, 0.717) is 12.1 Å². The number of amides is 1. The fourth-order valence-electron chi connectivity index (χ4n) is 3.20. The average Bonchev–Trinajstić information content (AvgIpc) is 2.44. The molecule has 0 N–H and O–H groups in total. The minimum absolute atomic E-state index is 0.139. The summed E-state index contributed by atoms with van der Waals surface area (Å²) in [5.41, 5.74) is 2.56. The minimum Gasteiger partial charge on any atom is -0.334 e. The summed E-state index contributed by atoms with van der Waals surface area (Å²) in [7, 11) is 0. The molecule has 120 valence electrons. The first kappa shape index (κ1) is 16.8. The highest BCUT2D eigenvalue weighted by Gasteiger charge is 2.27. The van der Waals surface area contributed by atoms with Crippen molar-refractivity contribution in [1.29, 1.82) is 0 Å². The van der Waals surface area contributed by atoms with E-state index in [0.717, 1.165) is 18.4 Å². The molecule has 1 aromatic carbocycles. The molecule has 2 rings (SSSR count). The molecule has 2 unspecified atom stereocenters. The Morgan fingerprint density at radius 1 is 1.09 bits per heavy atom. The zero-order valence-electron chi connectivity index (χ0n) is 14.6. The van der Waals surface area contributed by atoms with Gasteiger partial charge in [0.15, 0.2) is 0 Å². The van der Waals surface area contributed by atoms with Gasteiger partial charge in [0.1, 0.15) is 0 Å². The van der Waals surface area contributed by atoms with Gasteiger partial charge in [-0.15, -0.1) is 0 Å². The van der Waals surface area contributed by atoms with E-state index in [-0.39, 0.29) is 11.3 Å². The first-order valence-electron chi connectivity index (χ1n) is 8.40. The molecule has 1 amide bonds. The highest BCUT2D eigenvalue weighted by molar-refractivity contribution is 5.92. The zero-order chi connectivity index (χ0) is 16.3. The number of likely N-dealkylation sites (tertiary alicyclic amines) is 1. The van der Waals surface area contributed by atoms with Gasteiger partial charge in [0, 0.05) is 18.2 Å². The maximum Gasteiger partial charge on any atom is 0.247 e. The van der Waals surface area contributed by atoms with Crippen LogP contribution in [0.25, 0.3) is 6.08 Å². The summed E-state index contributed by atoms with van der Waals surface area (Å²) in [5.74, 6) is 0.139. The number of benzene rings is 1. The number of nitrogens with zero attached hydrogens (tertiary/aromatic N) is 1. The van der Waals surface area contributed by atoms with Crippen LogP contribution in [0.3, 0.4) is 0 Å². The SMILES string of the molecule is CC1CCCC(C)N1C(=O)C=Cc1ccc(C(C)(C)C)cc1. The van der Waals surface area contributed by atoms with Crippen molar-refractivity contribution >= 4 is 12.0 Å². The summed E-state index contributed by atoms with van der Waals surface area (Å²) in [6.07, 6.45) is 7.12. The largest absolute Gasteiger partial charge is 0.334 e. The van der Waals surface area contributed by atoms with Gasteiger partial charge in [-0.3, -0.25) is 4.79 Å². The van der Waals surface area contributed by atoms with Crippen molar-refractivity contribution < 1.29 is 4.79 Å². The first-order chi connectivity index (χ1) is 10.3. The maximum absolute atomic E-state index is 12.5. The second-order valence-corrected chi connectivity index (χ2v) is 7.58. The number of hydrogen-bond donors (Lipinski definition) is 0. The van der Waals surface area contributed by atoms with Crippen molar-refractivity contribution in [2.24, 2.45) is 0 Å². The summed E-state index contributed by atoms with van der Waals surface area (Å²) in [6.45, 7) is 10.9. The van der Waals surface area contributed by atoms with Crippen molar-refractivity contribution in [2.45, 2.75) is 71.4 Å². The summed E-state index contributed by atoms with van der Waals surface area (Å²) < 4.78 is 0. The van der Waals surface area contributed by atoms with E-state index < -0.39 is 0 Å². The van der Waals surface area contributed by atoms with Crippen LogP contribution in [0.4, 0.5) is 0 Å². The fourth-order valence-corrected chi connectivity index (χ4v) is 3.20. The monoisotopic (exact) mass is 299 g/mol. The molecule has 0 radical (unpaired) electrons. The number of carbonyl (C=O) groups excluding carboxylic acids is 1. The molecule has 0 bridgehead atoms. The van der Waals surface area contributed by atoms with E-state index in [1.165, 1.54) is 12.0 Å². The van der Waals surface area contributed by atoms with Crippen molar-refractivity contribution in [1.82, 2.24) is 4.90 Å². The summed E-state index contributed by atoms with van der Waals surface area (Å²) in [5, 5.41) is 0. The predicted molar refractivity (Wildman–Crippen MR) is 93.8 cm³/mol. The third kappa shape index (κ3) is 4.00. The second-order valence-electron chi connectivity index (χ2n) is 7.58. The van der Waals surface area contributed by atoms with Crippen LogP contribution in [0.2, 0.25) is 0 Å². The van der Waals surface area contributed by atoms with Crippen LogP contribution in [0.1, 0.15) is 65.0 Å². The Labute approximate surface area is 135 Å². The van der Waals surface area contributed by atoms with Crippen molar-refractivity contribution in [3.05, 3.63) is 41.5 Å². The van der Waals surface area contributed by atoms with Gasteiger partial charge in [0.05, 0.1) is 0 Å². The standard InChI is InChI=1S/C20H29NO/c1-15-7-6-8-16(2)21(15)19(22)14-11-17-9-12-18(13-10-17)20(3,4)5/h9-16H,6-8H2,1-5H3. The van der Waals surface area contributed by atoms with Gasteiger partial charge >= 0.3 is 0 Å². The normalized spacial score (nSPS) is 23.0. The summed E-state index contributed by atoms with van der Waals surface area (Å²) >= 11 is 0. The van der Waals surface area contributed by atoms with Gasteiger partial charge in [-0.25, -0.2) is 0 Å². The topological polar surface area (TPSA) is 20.3 Å². The van der Waals surface area contributed by atoms with Gasteiger partial charge in [0.2, 0.25) is 5.91 Å². The maximum atomic E-state index is 12.5. The molecule has 1 fully saturated rings. The van der Waals surface area contributed by atoms with Crippen LogP contribution >= 0.6 is 0 Å². The van der Waals surface area contributed by atoms with Gasteiger partial charge in [-0.05, 0) is 55.7 Å². The lowest BCUT2D eigenvalue weighted by atomic mass is 9.87. The molecule has 2 nitrogen and oxygen atoms in total. The van der Waals surface area contributed by atoms with E-state index in [1.54, 1.807) is 6.08 Å². The Morgan fingerprint density at radius 2 is 1.64 bits per heavy atom. The van der Waals surface area contributed by atoms with Gasteiger partial charge in [-0.2, -0.15) is 0 Å². The third-order valence-electron chi connectivity index (χ3n) is 4.64. The number of carbonyl (C=O) groups is 1. The molecule has 1 aromatic rings. The molecule has 0 aliphatic carbocycles. The molecular weight excluding hydrogens is 270 g/mol. The van der Waals surface area contributed by atoms with Crippen LogP contribution < -0.4 is 0 Å². The third-order valence-corrected chi connectivity index (χ3v) is 4.64. The highest BCUT2D eigenvalue weighted by atomic mass is 16.2. The molecule has 0 spiro atoms. The van der Waals surface area contributed by atoms with E-state index >= 15 is 0 Å². The Bertz CT molecular complexity index is 526. The van der Waals surface area contributed by atoms with E-state index in [1.807, 2.05) is 11.0 Å². The lowest BCUT2D eigenvalue weighted by molar-refractivity contribution is -0.131. The van der Waals surface area contributed by atoms with Crippen LogP contribution in [-0.2, 0) is 10.2 Å². The average molecular weight is 299 g/mol. The molecule has 0 aromatic heterocycles. The summed E-state index contributed by atoms with van der Waals surface area (Å²) in [6, 6.07) is 9.18. The number of rotatable bonds is 2. The fraction of sp³-hybridized carbons (Fsp3) is 0.550. The Kier molecular flexibility index (Phi) is 5.10. The van der Waals surface area contributed by atoms with Crippen LogP contribution in [0, 0.1) is 0 Å². The quantitative estimate of drug-likeness (QED) is 0.719. The van der Waals surface area contributed by atoms with Gasteiger partial charge in [0.25, 0.3) is 0 Å². The van der Waals surface area contributed by atoms with Gasteiger partial charge < -0.3 is 4.90 Å². The summed E-state index contributed by atoms with van der Waals surface area (Å²) in [4.78, 5) is 14.5. The van der Waals surface area contributed by atoms with Crippen molar-refractivity contribution in [3.8, 4) is 0 Å². The van der Waals surface area contributed by atoms with E-state index in [9.17, 15) is 4.79 Å². The second kappa shape index (κ2) is 6.68. The molecule has 1 saturated heterocycles. The predicted octanol–water partition coefficient (Wildman–Crippen LogP) is 4.79. The number of hydrogen-bond acceptors (Lipinski definition) is 1. The molecule has 0 saturated carbocycles. The van der Waals surface area contributed by atoms with Crippen molar-refractivity contribution in [3.63, 3.8) is 0 Å². The number of piperidine rings is 1. The Balaban J connectivity index is 2.06. The molecule has 1 aliphatic heterocycles. The Morgan fingerprint density at radius 3 is 2.14 bits per heavy atom. The minimum atomic E-state index is 0.139. The molecule has 1 aliphatic rings. The molecule has 2 heteroatoms.